The van der Waals surface area contributed by atoms with Gasteiger partial charge in [0.1, 0.15) is 0 Å². The van der Waals surface area contributed by atoms with Crippen molar-refractivity contribution in [3.63, 3.8) is 0 Å². The molecule has 1 heterocycles. The molecular weight excluding hydrogens is 212 g/mol. The van der Waals surface area contributed by atoms with Crippen molar-refractivity contribution in [3.8, 4) is 0 Å². The number of hydrogen-bond acceptors (Lipinski definition) is 3. The van der Waals surface area contributed by atoms with Crippen LogP contribution in [0.25, 0.3) is 11.0 Å². The molecule has 4 heteroatoms. The van der Waals surface area contributed by atoms with Crippen molar-refractivity contribution in [3.05, 3.63) is 24.3 Å². The SMILES string of the molecule is CC(C)SSc1nc2ccccc2[nH]1. The second kappa shape index (κ2) is 4.28. The topological polar surface area (TPSA) is 28.7 Å². The zero-order chi connectivity index (χ0) is 9.97. The third-order valence-corrected chi connectivity index (χ3v) is 4.44. The van der Waals surface area contributed by atoms with Crippen LogP contribution in [0.15, 0.2) is 29.4 Å². The van der Waals surface area contributed by atoms with Crippen LogP contribution in [0.3, 0.4) is 0 Å². The van der Waals surface area contributed by atoms with Crippen LogP contribution in [-0.2, 0) is 0 Å². The van der Waals surface area contributed by atoms with Crippen molar-refractivity contribution < 1.29 is 0 Å². The Morgan fingerprint density at radius 3 is 2.79 bits per heavy atom. The van der Waals surface area contributed by atoms with E-state index >= 15 is 0 Å². The maximum Gasteiger partial charge on any atom is 0.177 e. The second-order valence-electron chi connectivity index (χ2n) is 3.29. The summed E-state index contributed by atoms with van der Waals surface area (Å²) in [5, 5.41) is 1.61. The van der Waals surface area contributed by atoms with Crippen molar-refractivity contribution in [2.45, 2.75) is 24.3 Å². The van der Waals surface area contributed by atoms with E-state index in [2.05, 4.69) is 23.8 Å². The highest BCUT2D eigenvalue weighted by Gasteiger charge is 2.03. The van der Waals surface area contributed by atoms with E-state index in [1.54, 1.807) is 10.8 Å². The molecule has 0 aliphatic carbocycles. The molecule has 0 amide bonds. The van der Waals surface area contributed by atoms with E-state index in [1.165, 1.54) is 0 Å². The fourth-order valence-electron chi connectivity index (χ4n) is 1.11. The lowest BCUT2D eigenvalue weighted by Gasteiger charge is -1.99. The van der Waals surface area contributed by atoms with Gasteiger partial charge in [-0.2, -0.15) is 0 Å². The molecule has 1 N–H and O–H groups in total. The molecule has 0 fully saturated rings. The van der Waals surface area contributed by atoms with E-state index in [0.717, 1.165) is 16.2 Å². The van der Waals surface area contributed by atoms with Gasteiger partial charge in [-0.05, 0) is 22.9 Å². The van der Waals surface area contributed by atoms with Crippen molar-refractivity contribution in [2.75, 3.05) is 0 Å². The Labute approximate surface area is 91.3 Å². The number of hydrogen-bond donors (Lipinski definition) is 1. The molecule has 0 radical (unpaired) electrons. The lowest BCUT2D eigenvalue weighted by molar-refractivity contribution is 1.09. The molecule has 1 aromatic carbocycles. The zero-order valence-electron chi connectivity index (χ0n) is 8.15. The third-order valence-electron chi connectivity index (χ3n) is 1.69. The van der Waals surface area contributed by atoms with Crippen molar-refractivity contribution in [2.24, 2.45) is 0 Å². The number of rotatable bonds is 3. The highest BCUT2D eigenvalue weighted by atomic mass is 33.1. The Morgan fingerprint density at radius 1 is 1.29 bits per heavy atom. The Balaban J connectivity index is 2.19. The van der Waals surface area contributed by atoms with Gasteiger partial charge in [0, 0.05) is 5.25 Å². The maximum absolute atomic E-state index is 4.47. The molecule has 0 aliphatic rings. The normalized spacial score (nSPS) is 11.4. The van der Waals surface area contributed by atoms with E-state index in [0.29, 0.717) is 5.25 Å². The number of benzene rings is 1. The Morgan fingerprint density at radius 2 is 2.07 bits per heavy atom. The quantitative estimate of drug-likeness (QED) is 0.806. The van der Waals surface area contributed by atoms with Crippen LogP contribution < -0.4 is 0 Å². The van der Waals surface area contributed by atoms with Gasteiger partial charge in [0.25, 0.3) is 0 Å². The third kappa shape index (κ3) is 2.25. The number of nitrogens with one attached hydrogen (secondary N) is 1. The smallest absolute Gasteiger partial charge is 0.177 e. The fourth-order valence-corrected chi connectivity index (χ4v) is 2.77. The van der Waals surface area contributed by atoms with Crippen molar-refractivity contribution in [1.29, 1.82) is 0 Å². The second-order valence-corrected chi connectivity index (χ2v) is 6.05. The molecule has 0 spiro atoms. The molecule has 2 nitrogen and oxygen atoms in total. The van der Waals surface area contributed by atoms with Gasteiger partial charge in [-0.25, -0.2) is 4.98 Å². The van der Waals surface area contributed by atoms with Crippen LogP contribution in [-0.4, -0.2) is 15.2 Å². The molecular formula is C10H12N2S2. The number of aromatic amines is 1. The molecule has 0 unspecified atom stereocenters. The van der Waals surface area contributed by atoms with Gasteiger partial charge >= 0.3 is 0 Å². The number of para-hydroxylation sites is 2. The first-order valence-electron chi connectivity index (χ1n) is 4.54. The van der Waals surface area contributed by atoms with Gasteiger partial charge in [0.2, 0.25) is 0 Å². The summed E-state index contributed by atoms with van der Waals surface area (Å²) < 4.78 is 0. The summed E-state index contributed by atoms with van der Waals surface area (Å²) >= 11 is 0. The molecule has 0 aliphatic heterocycles. The average Bonchev–Trinajstić information content (AvgIpc) is 2.57. The first kappa shape index (κ1) is 9.93. The molecule has 2 rings (SSSR count). The van der Waals surface area contributed by atoms with Crippen LogP contribution in [0, 0.1) is 0 Å². The van der Waals surface area contributed by atoms with Gasteiger partial charge in [0.05, 0.1) is 11.0 Å². The Kier molecular flexibility index (Phi) is 3.03. The highest BCUT2D eigenvalue weighted by molar-refractivity contribution is 8.76. The monoisotopic (exact) mass is 224 g/mol. The van der Waals surface area contributed by atoms with Crippen LogP contribution in [0.2, 0.25) is 0 Å². The molecule has 0 saturated heterocycles. The summed E-state index contributed by atoms with van der Waals surface area (Å²) in [6.07, 6.45) is 0. The largest absolute Gasteiger partial charge is 0.332 e. The standard InChI is InChI=1S/C10H12N2S2/c1-7(2)13-14-10-11-8-5-3-4-6-9(8)12-10/h3-7H,1-2H3,(H,11,12). The summed E-state index contributed by atoms with van der Waals surface area (Å²) in [6, 6.07) is 8.10. The number of aromatic nitrogens is 2. The van der Waals surface area contributed by atoms with Crippen LogP contribution in [0.4, 0.5) is 0 Å². The Hall–Kier alpha value is -0.610. The molecule has 0 saturated carbocycles. The van der Waals surface area contributed by atoms with Gasteiger partial charge in [-0.1, -0.05) is 36.8 Å². The minimum Gasteiger partial charge on any atom is -0.332 e. The number of imidazole rings is 1. The van der Waals surface area contributed by atoms with Gasteiger partial charge in [-0.3, -0.25) is 0 Å². The fraction of sp³-hybridized carbons (Fsp3) is 0.300. The predicted molar refractivity (Wildman–Crippen MR) is 64.7 cm³/mol. The molecule has 0 atom stereocenters. The molecule has 1 aromatic heterocycles. The molecule has 0 bridgehead atoms. The van der Waals surface area contributed by atoms with Crippen LogP contribution in [0.1, 0.15) is 13.8 Å². The van der Waals surface area contributed by atoms with Gasteiger partial charge in [0.15, 0.2) is 5.16 Å². The lowest BCUT2D eigenvalue weighted by Crippen LogP contribution is -1.81. The number of H-pyrrole nitrogens is 1. The highest BCUT2D eigenvalue weighted by Crippen LogP contribution is 2.33. The summed E-state index contributed by atoms with van der Waals surface area (Å²) in [6.45, 7) is 4.36. The minimum absolute atomic E-state index is 0.619. The lowest BCUT2D eigenvalue weighted by atomic mass is 10.3. The molecule has 14 heavy (non-hydrogen) atoms. The maximum atomic E-state index is 4.47. The van der Waals surface area contributed by atoms with E-state index in [4.69, 9.17) is 0 Å². The van der Waals surface area contributed by atoms with Crippen LogP contribution in [0.5, 0.6) is 0 Å². The zero-order valence-corrected chi connectivity index (χ0v) is 9.78. The van der Waals surface area contributed by atoms with Gasteiger partial charge < -0.3 is 4.98 Å². The molecule has 74 valence electrons. The number of nitrogens with zero attached hydrogens (tertiary/aromatic N) is 1. The predicted octanol–water partition coefficient (Wildman–Crippen LogP) is 3.71. The minimum atomic E-state index is 0.619. The van der Waals surface area contributed by atoms with E-state index in [1.807, 2.05) is 35.1 Å². The van der Waals surface area contributed by atoms with E-state index in [-0.39, 0.29) is 0 Å². The average molecular weight is 224 g/mol. The van der Waals surface area contributed by atoms with Crippen LogP contribution >= 0.6 is 21.6 Å². The number of fused-ring (bicyclic) bond motifs is 1. The summed E-state index contributed by atoms with van der Waals surface area (Å²) in [5.41, 5.74) is 2.15. The van der Waals surface area contributed by atoms with Gasteiger partial charge in [-0.15, -0.1) is 0 Å². The summed E-state index contributed by atoms with van der Waals surface area (Å²) in [4.78, 5) is 7.75. The first-order chi connectivity index (χ1) is 6.75. The molecule has 2 aromatic rings. The Bertz CT molecular complexity index is 390. The van der Waals surface area contributed by atoms with E-state index in [9.17, 15) is 0 Å². The van der Waals surface area contributed by atoms with Crippen molar-refractivity contribution in [1.82, 2.24) is 9.97 Å². The summed E-state index contributed by atoms with van der Waals surface area (Å²) in [5.74, 6) is 0. The summed E-state index contributed by atoms with van der Waals surface area (Å²) in [7, 11) is 3.53. The van der Waals surface area contributed by atoms with Crippen molar-refractivity contribution >= 4 is 32.6 Å². The first-order valence-corrected chi connectivity index (χ1v) is 6.75. The van der Waals surface area contributed by atoms with E-state index < -0.39 is 0 Å².